The van der Waals surface area contributed by atoms with Gasteiger partial charge in [0.15, 0.2) is 11.5 Å². The summed E-state index contributed by atoms with van der Waals surface area (Å²) in [6.45, 7) is 1.89. The van der Waals surface area contributed by atoms with Crippen molar-refractivity contribution in [1.82, 2.24) is 14.3 Å². The summed E-state index contributed by atoms with van der Waals surface area (Å²) in [5.74, 6) is 0.513. The van der Waals surface area contributed by atoms with Gasteiger partial charge in [0.2, 0.25) is 10.0 Å². The Morgan fingerprint density at radius 1 is 1.00 bits per heavy atom. The molecule has 8 heteroatoms. The molecular weight excluding hydrogens is 326 g/mol. The molecule has 0 saturated carbocycles. The van der Waals surface area contributed by atoms with E-state index in [4.69, 9.17) is 5.26 Å². The summed E-state index contributed by atoms with van der Waals surface area (Å²) < 4.78 is 27.0. The minimum atomic E-state index is -3.50. The quantitative estimate of drug-likeness (QED) is 0.833. The number of hydrogen-bond donors (Lipinski definition) is 0. The van der Waals surface area contributed by atoms with Crippen molar-refractivity contribution in [3.05, 3.63) is 48.4 Å². The Kier molecular flexibility index (Phi) is 4.74. The molecule has 0 aliphatic carbocycles. The van der Waals surface area contributed by atoms with E-state index in [1.165, 1.54) is 10.5 Å². The Balaban J connectivity index is 1.80. The fourth-order valence-electron chi connectivity index (χ4n) is 2.73. The number of nitriles is 1. The van der Waals surface area contributed by atoms with Gasteiger partial charge in [-0.15, -0.1) is 0 Å². The maximum Gasteiger partial charge on any atom is 0.243 e. The normalized spacial score (nSPS) is 16.4. The molecule has 24 heavy (non-hydrogen) atoms. The molecule has 0 bridgehead atoms. The van der Waals surface area contributed by atoms with Crippen LogP contribution in [-0.4, -0.2) is 48.9 Å². The highest BCUT2D eigenvalue weighted by atomic mass is 32.2. The third-order valence-electron chi connectivity index (χ3n) is 3.92. The lowest BCUT2D eigenvalue weighted by atomic mass is 10.3. The first-order valence-electron chi connectivity index (χ1n) is 7.64. The van der Waals surface area contributed by atoms with Crippen LogP contribution in [0.25, 0.3) is 0 Å². The molecule has 3 rings (SSSR count). The van der Waals surface area contributed by atoms with Gasteiger partial charge in [-0.2, -0.15) is 9.57 Å². The molecule has 7 nitrogen and oxygen atoms in total. The first kappa shape index (κ1) is 16.4. The summed E-state index contributed by atoms with van der Waals surface area (Å²) >= 11 is 0. The van der Waals surface area contributed by atoms with Crippen molar-refractivity contribution in [2.24, 2.45) is 0 Å². The van der Waals surface area contributed by atoms with E-state index in [1.54, 1.807) is 36.5 Å². The Morgan fingerprint density at radius 3 is 2.50 bits per heavy atom. The van der Waals surface area contributed by atoms with E-state index in [9.17, 15) is 8.42 Å². The van der Waals surface area contributed by atoms with E-state index < -0.39 is 10.0 Å². The third-order valence-corrected chi connectivity index (χ3v) is 5.83. The monoisotopic (exact) mass is 343 g/mol. The molecule has 1 aliphatic heterocycles. The highest BCUT2D eigenvalue weighted by Crippen LogP contribution is 2.20. The molecule has 0 amide bonds. The smallest absolute Gasteiger partial charge is 0.243 e. The summed E-state index contributed by atoms with van der Waals surface area (Å²) in [6.07, 6.45) is 3.68. The van der Waals surface area contributed by atoms with Crippen molar-refractivity contribution >= 4 is 15.8 Å². The van der Waals surface area contributed by atoms with Gasteiger partial charge >= 0.3 is 0 Å². The lowest BCUT2D eigenvalue weighted by molar-refractivity contribution is 0.433. The summed E-state index contributed by atoms with van der Waals surface area (Å²) in [5, 5.41) is 9.16. The predicted molar refractivity (Wildman–Crippen MR) is 88.8 cm³/mol. The second-order valence-corrected chi connectivity index (χ2v) is 7.34. The molecular formula is C16H17N5O2S. The molecule has 2 heterocycles. The molecule has 1 aliphatic rings. The van der Waals surface area contributed by atoms with E-state index in [0.717, 1.165) is 0 Å². The summed E-state index contributed by atoms with van der Waals surface area (Å²) in [5.41, 5.74) is 0.261. The van der Waals surface area contributed by atoms with Gasteiger partial charge in [0.1, 0.15) is 6.07 Å². The molecule has 0 unspecified atom stereocenters. The van der Waals surface area contributed by atoms with Crippen LogP contribution in [0, 0.1) is 11.3 Å². The average Bonchev–Trinajstić information content (AvgIpc) is 2.89. The first-order valence-corrected chi connectivity index (χ1v) is 9.08. The van der Waals surface area contributed by atoms with Crippen molar-refractivity contribution in [2.45, 2.75) is 11.3 Å². The van der Waals surface area contributed by atoms with Crippen molar-refractivity contribution in [1.29, 1.82) is 5.26 Å². The molecule has 124 valence electrons. The van der Waals surface area contributed by atoms with Gasteiger partial charge in [-0.1, -0.05) is 18.2 Å². The Bertz CT molecular complexity index is 848. The predicted octanol–water partition coefficient (Wildman–Crippen LogP) is 1.25. The number of hydrogen-bond acceptors (Lipinski definition) is 6. The standard InChI is InChI=1S/C16H17N5O2S/c17-13-15-16(19-8-7-18-15)20-9-4-10-21(12-11-20)24(22,23)14-5-2-1-3-6-14/h1-3,5-8H,4,9-12H2. The Labute approximate surface area is 141 Å². The van der Waals surface area contributed by atoms with Gasteiger partial charge in [-0.05, 0) is 18.6 Å². The maximum atomic E-state index is 12.7. The molecule has 0 radical (unpaired) electrons. The number of nitrogens with zero attached hydrogens (tertiary/aromatic N) is 5. The highest BCUT2D eigenvalue weighted by Gasteiger charge is 2.27. The van der Waals surface area contributed by atoms with Crippen LogP contribution >= 0.6 is 0 Å². The van der Waals surface area contributed by atoms with E-state index in [0.29, 0.717) is 43.3 Å². The summed E-state index contributed by atoms with van der Waals surface area (Å²) in [6, 6.07) is 10.5. The van der Waals surface area contributed by atoms with Gasteiger partial charge in [0.25, 0.3) is 0 Å². The third kappa shape index (κ3) is 3.22. The molecule has 0 N–H and O–H groups in total. The Hall–Kier alpha value is -2.50. The number of rotatable bonds is 3. The first-order chi connectivity index (χ1) is 11.6. The van der Waals surface area contributed by atoms with E-state index in [1.807, 2.05) is 11.0 Å². The number of anilines is 1. The van der Waals surface area contributed by atoms with E-state index in [-0.39, 0.29) is 5.69 Å². The molecule has 1 fully saturated rings. The zero-order valence-electron chi connectivity index (χ0n) is 13.0. The zero-order valence-corrected chi connectivity index (χ0v) is 13.9. The van der Waals surface area contributed by atoms with Crippen LogP contribution in [-0.2, 0) is 10.0 Å². The fourth-order valence-corrected chi connectivity index (χ4v) is 4.22. The molecule has 1 saturated heterocycles. The van der Waals surface area contributed by atoms with Crippen LogP contribution in [0.3, 0.4) is 0 Å². The topological polar surface area (TPSA) is 90.2 Å². The fraction of sp³-hybridized carbons (Fsp3) is 0.312. The molecule has 0 atom stereocenters. The second-order valence-electron chi connectivity index (χ2n) is 5.40. The van der Waals surface area contributed by atoms with Crippen molar-refractivity contribution < 1.29 is 8.42 Å². The summed E-state index contributed by atoms with van der Waals surface area (Å²) in [4.78, 5) is 10.5. The Morgan fingerprint density at radius 2 is 1.75 bits per heavy atom. The largest absolute Gasteiger partial charge is 0.353 e. The number of aromatic nitrogens is 2. The van der Waals surface area contributed by atoms with Crippen molar-refractivity contribution in [3.63, 3.8) is 0 Å². The average molecular weight is 343 g/mol. The van der Waals surface area contributed by atoms with Gasteiger partial charge in [0.05, 0.1) is 4.90 Å². The lowest BCUT2D eigenvalue weighted by Crippen LogP contribution is -2.35. The highest BCUT2D eigenvalue weighted by molar-refractivity contribution is 7.89. The molecule has 0 spiro atoms. The van der Waals surface area contributed by atoms with Crippen molar-refractivity contribution in [3.8, 4) is 6.07 Å². The van der Waals surface area contributed by atoms with E-state index >= 15 is 0 Å². The zero-order chi connectivity index (χ0) is 17.0. The van der Waals surface area contributed by atoms with Gasteiger partial charge < -0.3 is 4.90 Å². The second kappa shape index (κ2) is 6.95. The van der Waals surface area contributed by atoms with Crippen LogP contribution < -0.4 is 4.90 Å². The molecule has 2 aromatic rings. The van der Waals surface area contributed by atoms with E-state index in [2.05, 4.69) is 9.97 Å². The SMILES string of the molecule is N#Cc1nccnc1N1CCCN(S(=O)(=O)c2ccccc2)CC1. The summed E-state index contributed by atoms with van der Waals surface area (Å²) in [7, 11) is -3.50. The maximum absolute atomic E-state index is 12.7. The lowest BCUT2D eigenvalue weighted by Gasteiger charge is -2.22. The molecule has 1 aromatic heterocycles. The van der Waals surface area contributed by atoms with Gasteiger partial charge in [-0.25, -0.2) is 18.4 Å². The van der Waals surface area contributed by atoms with Crippen molar-refractivity contribution in [2.75, 3.05) is 31.1 Å². The minimum absolute atomic E-state index is 0.261. The van der Waals surface area contributed by atoms with Crippen LogP contribution in [0.4, 0.5) is 5.82 Å². The van der Waals surface area contributed by atoms with Gasteiger partial charge in [0, 0.05) is 38.6 Å². The van der Waals surface area contributed by atoms with Gasteiger partial charge in [-0.3, -0.25) is 0 Å². The van der Waals surface area contributed by atoms with Crippen LogP contribution in [0.1, 0.15) is 12.1 Å². The van der Waals surface area contributed by atoms with Crippen LogP contribution in [0.5, 0.6) is 0 Å². The van der Waals surface area contributed by atoms with Crippen LogP contribution in [0.2, 0.25) is 0 Å². The number of benzene rings is 1. The minimum Gasteiger partial charge on any atom is -0.353 e. The number of sulfonamides is 1. The van der Waals surface area contributed by atoms with Crippen LogP contribution in [0.15, 0.2) is 47.6 Å². The molecule has 1 aromatic carbocycles.